The molecule has 0 unspecified atom stereocenters. The first-order valence-electron chi connectivity index (χ1n) is 5.13. The molecule has 0 spiro atoms. The number of carbonyl (C=O) groups excluding carboxylic acids is 2. The Balaban J connectivity index is 2.91. The number of halogens is 2. The van der Waals surface area contributed by atoms with E-state index in [4.69, 9.17) is 4.74 Å². The Bertz CT molecular complexity index is 480. The van der Waals surface area contributed by atoms with E-state index in [1.165, 1.54) is 26.3 Å². The van der Waals surface area contributed by atoms with E-state index in [1.807, 2.05) is 0 Å². The van der Waals surface area contributed by atoms with Gasteiger partial charge in [0.2, 0.25) is 0 Å². The molecule has 0 saturated heterocycles. The molecule has 6 nitrogen and oxygen atoms in total. The molecule has 0 heterocycles. The maximum absolute atomic E-state index is 12.2. The minimum atomic E-state index is -3.03. The lowest BCUT2D eigenvalue weighted by molar-refractivity contribution is -0.135. The van der Waals surface area contributed by atoms with E-state index < -0.39 is 18.4 Å². The molecule has 1 aromatic rings. The standard InChI is InChI=1S/C11H12F2N2O4/c1-14-9(16)10(17)15-6-3-4-7(18-2)8(5-6)19-11(12)13/h3-5,11H,1-2H3,(H,14,16)(H,15,17). The molecule has 104 valence electrons. The third-order valence-corrected chi connectivity index (χ3v) is 2.07. The summed E-state index contributed by atoms with van der Waals surface area (Å²) < 4.78 is 33.4. The van der Waals surface area contributed by atoms with Crippen molar-refractivity contribution in [3.63, 3.8) is 0 Å². The van der Waals surface area contributed by atoms with Gasteiger partial charge in [-0.2, -0.15) is 8.78 Å². The van der Waals surface area contributed by atoms with Crippen LogP contribution in [-0.2, 0) is 9.59 Å². The van der Waals surface area contributed by atoms with Gasteiger partial charge in [-0.1, -0.05) is 0 Å². The first kappa shape index (κ1) is 14.7. The van der Waals surface area contributed by atoms with E-state index in [2.05, 4.69) is 15.4 Å². The normalized spacial score (nSPS) is 9.95. The minimum absolute atomic E-state index is 0.0817. The van der Waals surface area contributed by atoms with Crippen molar-refractivity contribution >= 4 is 17.5 Å². The number of nitrogens with one attached hydrogen (secondary N) is 2. The molecule has 8 heteroatoms. The largest absolute Gasteiger partial charge is 0.493 e. The topological polar surface area (TPSA) is 76.7 Å². The Morgan fingerprint density at radius 2 is 1.89 bits per heavy atom. The molecule has 2 amide bonds. The van der Waals surface area contributed by atoms with E-state index in [1.54, 1.807) is 0 Å². The maximum Gasteiger partial charge on any atom is 0.387 e. The second-order valence-corrected chi connectivity index (χ2v) is 3.28. The predicted molar refractivity (Wildman–Crippen MR) is 62.3 cm³/mol. The molecule has 1 rings (SSSR count). The van der Waals surface area contributed by atoms with Gasteiger partial charge in [-0.05, 0) is 12.1 Å². The number of likely N-dealkylation sites (N-methyl/N-ethyl adjacent to an activating group) is 1. The first-order valence-corrected chi connectivity index (χ1v) is 5.13. The molecule has 0 aliphatic heterocycles. The van der Waals surface area contributed by atoms with Gasteiger partial charge in [-0.3, -0.25) is 9.59 Å². The van der Waals surface area contributed by atoms with Crippen LogP contribution in [0, 0.1) is 0 Å². The van der Waals surface area contributed by atoms with Crippen LogP contribution in [0.25, 0.3) is 0 Å². The minimum Gasteiger partial charge on any atom is -0.493 e. The number of rotatable bonds is 4. The van der Waals surface area contributed by atoms with Crippen LogP contribution in [-0.4, -0.2) is 32.6 Å². The van der Waals surface area contributed by atoms with Crippen molar-refractivity contribution in [3.05, 3.63) is 18.2 Å². The summed E-state index contributed by atoms with van der Waals surface area (Å²) in [4.78, 5) is 22.3. The summed E-state index contributed by atoms with van der Waals surface area (Å²) in [7, 11) is 2.58. The Morgan fingerprint density at radius 3 is 2.42 bits per heavy atom. The number of carbonyl (C=O) groups is 2. The smallest absolute Gasteiger partial charge is 0.387 e. The Hall–Kier alpha value is -2.38. The molecule has 0 fully saturated rings. The third kappa shape index (κ3) is 4.09. The Labute approximate surface area is 107 Å². The van der Waals surface area contributed by atoms with Crippen LogP contribution in [0.4, 0.5) is 14.5 Å². The van der Waals surface area contributed by atoms with Crippen LogP contribution >= 0.6 is 0 Å². The van der Waals surface area contributed by atoms with E-state index in [0.717, 1.165) is 6.07 Å². The van der Waals surface area contributed by atoms with E-state index in [-0.39, 0.29) is 17.2 Å². The number of anilines is 1. The summed E-state index contributed by atoms with van der Waals surface area (Å²) in [5.74, 6) is -1.94. The molecular weight excluding hydrogens is 262 g/mol. The van der Waals surface area contributed by atoms with Crippen molar-refractivity contribution in [1.82, 2.24) is 5.32 Å². The van der Waals surface area contributed by atoms with Crippen LogP contribution in [0.5, 0.6) is 11.5 Å². The van der Waals surface area contributed by atoms with Gasteiger partial charge >= 0.3 is 18.4 Å². The summed E-state index contributed by atoms with van der Waals surface area (Å²) in [6.45, 7) is -3.03. The lowest BCUT2D eigenvalue weighted by Gasteiger charge is -2.11. The van der Waals surface area contributed by atoms with E-state index in [9.17, 15) is 18.4 Å². The molecule has 1 aromatic carbocycles. The summed E-state index contributed by atoms with van der Waals surface area (Å²) in [6.07, 6.45) is 0. The Morgan fingerprint density at radius 1 is 1.21 bits per heavy atom. The van der Waals surface area contributed by atoms with Crippen LogP contribution in [0.3, 0.4) is 0 Å². The van der Waals surface area contributed by atoms with Crippen molar-refractivity contribution in [2.75, 3.05) is 19.5 Å². The van der Waals surface area contributed by atoms with Gasteiger partial charge in [0.15, 0.2) is 11.5 Å². The number of ether oxygens (including phenoxy) is 2. The van der Waals surface area contributed by atoms with Gasteiger partial charge in [0, 0.05) is 18.8 Å². The highest BCUT2D eigenvalue weighted by Gasteiger charge is 2.15. The molecule has 0 aliphatic rings. The van der Waals surface area contributed by atoms with Crippen molar-refractivity contribution in [2.24, 2.45) is 0 Å². The van der Waals surface area contributed by atoms with Crippen LogP contribution in [0.15, 0.2) is 18.2 Å². The summed E-state index contributed by atoms with van der Waals surface area (Å²) in [6, 6.07) is 3.85. The lowest BCUT2D eigenvalue weighted by Crippen LogP contribution is -2.32. The summed E-state index contributed by atoms with van der Waals surface area (Å²) in [5, 5.41) is 4.35. The molecule has 0 atom stereocenters. The number of methoxy groups -OCH3 is 1. The van der Waals surface area contributed by atoms with Gasteiger partial charge < -0.3 is 20.1 Å². The second kappa shape index (κ2) is 6.53. The highest BCUT2D eigenvalue weighted by Crippen LogP contribution is 2.31. The van der Waals surface area contributed by atoms with Crippen molar-refractivity contribution in [3.8, 4) is 11.5 Å². The SMILES string of the molecule is CNC(=O)C(=O)Nc1ccc(OC)c(OC(F)F)c1. The maximum atomic E-state index is 12.2. The molecular formula is C11H12F2N2O4. The second-order valence-electron chi connectivity index (χ2n) is 3.28. The zero-order valence-electron chi connectivity index (χ0n) is 10.2. The summed E-state index contributed by atoms with van der Waals surface area (Å²) >= 11 is 0. The fraction of sp³-hybridized carbons (Fsp3) is 0.273. The highest BCUT2D eigenvalue weighted by molar-refractivity contribution is 6.39. The van der Waals surface area contributed by atoms with Gasteiger partial charge in [-0.25, -0.2) is 0 Å². The van der Waals surface area contributed by atoms with Crippen molar-refractivity contribution in [2.45, 2.75) is 6.61 Å². The molecule has 2 N–H and O–H groups in total. The van der Waals surface area contributed by atoms with Gasteiger partial charge in [0.05, 0.1) is 7.11 Å². The Kier molecular flexibility index (Phi) is 5.04. The molecule has 19 heavy (non-hydrogen) atoms. The quantitative estimate of drug-likeness (QED) is 0.802. The van der Waals surface area contributed by atoms with Crippen molar-refractivity contribution < 1.29 is 27.8 Å². The molecule has 0 bridgehead atoms. The van der Waals surface area contributed by atoms with Crippen LogP contribution in [0.1, 0.15) is 0 Å². The lowest BCUT2D eigenvalue weighted by atomic mass is 10.2. The zero-order valence-corrected chi connectivity index (χ0v) is 10.2. The van der Waals surface area contributed by atoms with Gasteiger partial charge in [0.1, 0.15) is 0 Å². The molecule has 0 radical (unpaired) electrons. The van der Waals surface area contributed by atoms with Gasteiger partial charge in [-0.15, -0.1) is 0 Å². The number of amides is 2. The molecule has 0 saturated carbocycles. The van der Waals surface area contributed by atoms with E-state index >= 15 is 0 Å². The fourth-order valence-corrected chi connectivity index (χ4v) is 1.24. The number of hydrogen-bond donors (Lipinski definition) is 2. The molecule has 0 aromatic heterocycles. The average Bonchev–Trinajstić information content (AvgIpc) is 2.37. The fourth-order valence-electron chi connectivity index (χ4n) is 1.24. The molecule has 0 aliphatic carbocycles. The predicted octanol–water partition coefficient (Wildman–Crippen LogP) is 0.981. The van der Waals surface area contributed by atoms with E-state index in [0.29, 0.717) is 0 Å². The third-order valence-electron chi connectivity index (χ3n) is 2.07. The van der Waals surface area contributed by atoms with Crippen LogP contribution < -0.4 is 20.1 Å². The zero-order chi connectivity index (χ0) is 14.4. The average molecular weight is 274 g/mol. The number of hydrogen-bond acceptors (Lipinski definition) is 4. The van der Waals surface area contributed by atoms with Crippen molar-refractivity contribution in [1.29, 1.82) is 0 Å². The summed E-state index contributed by atoms with van der Waals surface area (Å²) in [5.41, 5.74) is 0.130. The first-order chi connectivity index (χ1) is 8.97. The number of alkyl halides is 2. The highest BCUT2D eigenvalue weighted by atomic mass is 19.3. The number of benzene rings is 1. The monoisotopic (exact) mass is 274 g/mol. The van der Waals surface area contributed by atoms with Crippen LogP contribution in [0.2, 0.25) is 0 Å². The van der Waals surface area contributed by atoms with Gasteiger partial charge in [0.25, 0.3) is 0 Å².